The number of hydrogen-bond acceptors (Lipinski definition) is 8. The fourth-order valence-electron chi connectivity index (χ4n) is 5.26. The van der Waals surface area contributed by atoms with Gasteiger partial charge in [-0.2, -0.15) is 17.5 Å². The molecule has 4 fully saturated rings. The van der Waals surface area contributed by atoms with E-state index in [1.54, 1.807) is 0 Å². The predicted octanol–water partition coefficient (Wildman–Crippen LogP) is 1.08. The zero-order chi connectivity index (χ0) is 19.4. The summed E-state index contributed by atoms with van der Waals surface area (Å²) in [6.45, 7) is -0.590. The maximum Gasteiger partial charge on any atom is 0.446 e. The molecule has 4 saturated carbocycles. The molecule has 0 aromatic rings. The third kappa shape index (κ3) is 3.42. The van der Waals surface area contributed by atoms with Gasteiger partial charge >= 0.3 is 17.1 Å². The Labute approximate surface area is 149 Å². The van der Waals surface area contributed by atoms with Crippen LogP contribution in [0.3, 0.4) is 0 Å². The highest BCUT2D eigenvalue weighted by atomic mass is 32.2. The van der Waals surface area contributed by atoms with Crippen LogP contribution in [-0.4, -0.2) is 45.2 Å². The molecule has 4 aliphatic rings. The molecule has 7 nitrogen and oxygen atoms in total. The summed E-state index contributed by atoms with van der Waals surface area (Å²) in [5.41, 5.74) is -3.27. The summed E-state index contributed by atoms with van der Waals surface area (Å²) >= 11 is -1.15. The summed E-state index contributed by atoms with van der Waals surface area (Å²) in [6.07, 6.45) is -3.90. The van der Waals surface area contributed by atoms with Gasteiger partial charge in [-0.1, -0.05) is 0 Å². The highest BCUT2D eigenvalue weighted by Crippen LogP contribution is 2.63. The summed E-state index contributed by atoms with van der Waals surface area (Å²) in [4.78, 5) is 11.8. The van der Waals surface area contributed by atoms with Crippen molar-refractivity contribution in [3.63, 3.8) is 0 Å². The largest absolute Gasteiger partial charge is 0.691 e. The van der Waals surface area contributed by atoms with Crippen LogP contribution in [-0.2, 0) is 18.9 Å². The van der Waals surface area contributed by atoms with Gasteiger partial charge in [0, 0.05) is 11.8 Å². The molecule has 12 heteroatoms. The van der Waals surface area contributed by atoms with Gasteiger partial charge in [-0.15, -0.1) is 0 Å². The van der Waals surface area contributed by atoms with Crippen molar-refractivity contribution in [1.29, 1.82) is 0 Å². The first-order chi connectivity index (χ1) is 11.8. The highest BCUT2D eigenvalue weighted by molar-refractivity contribution is 7.96. The van der Waals surface area contributed by atoms with Crippen molar-refractivity contribution in [2.45, 2.75) is 60.9 Å². The maximum atomic E-state index is 14.1. The first kappa shape index (κ1) is 20.1. The van der Waals surface area contributed by atoms with Gasteiger partial charge in [0.05, 0.1) is 29.9 Å². The Balaban J connectivity index is 1.72. The lowest BCUT2D eigenvalue weighted by atomic mass is 9.46. The molecule has 4 rings (SSSR count). The van der Waals surface area contributed by atoms with E-state index in [1.807, 2.05) is 0 Å². The molecule has 0 saturated heterocycles. The molecule has 0 aromatic carbocycles. The van der Waals surface area contributed by atoms with Crippen molar-refractivity contribution in [2.24, 2.45) is 11.3 Å². The number of carbonyl (C=O) groups excluding carboxylic acids is 1. The highest BCUT2D eigenvalue weighted by Gasteiger charge is 2.67. The lowest BCUT2D eigenvalue weighted by Gasteiger charge is -2.63. The fraction of sp³-hybridized carbons (Fsp3) is 0.929. The Kier molecular flexibility index (Phi) is 4.77. The molecule has 0 spiro atoms. The average Bonchev–Trinajstić information content (AvgIpc) is 2.45. The molecule has 3 atom stereocenters. The van der Waals surface area contributed by atoms with Gasteiger partial charge in [0.2, 0.25) is 0 Å². The van der Waals surface area contributed by atoms with E-state index in [9.17, 15) is 37.8 Å². The molecule has 26 heavy (non-hydrogen) atoms. The van der Waals surface area contributed by atoms with Crippen molar-refractivity contribution >= 4 is 18.0 Å². The molecule has 0 aromatic heterocycles. The molecule has 3 unspecified atom stereocenters. The molecule has 0 heterocycles. The van der Waals surface area contributed by atoms with E-state index < -0.39 is 52.4 Å². The Hall–Kier alpha value is -0.660. The van der Waals surface area contributed by atoms with E-state index in [4.69, 9.17) is 0 Å². The number of halogens is 4. The van der Waals surface area contributed by atoms with Crippen molar-refractivity contribution in [3.8, 4) is 0 Å². The van der Waals surface area contributed by atoms with Crippen molar-refractivity contribution < 1.29 is 51.9 Å². The van der Waals surface area contributed by atoms with E-state index in [2.05, 4.69) is 14.1 Å². The van der Waals surface area contributed by atoms with Gasteiger partial charge in [0.15, 0.2) is 0 Å². The second kappa shape index (κ2) is 6.17. The van der Waals surface area contributed by atoms with Gasteiger partial charge in [-0.05, 0) is 38.0 Å². The Bertz CT molecular complexity index is 570. The second-order valence-electron chi connectivity index (χ2n) is 7.85. The summed E-state index contributed by atoms with van der Waals surface area (Å²) in [6, 6.07) is 0. The van der Waals surface area contributed by atoms with E-state index in [-0.39, 0.29) is 25.2 Å². The van der Waals surface area contributed by atoms with Crippen molar-refractivity contribution in [3.05, 3.63) is 0 Å². The summed E-state index contributed by atoms with van der Waals surface area (Å²) in [7, 11) is 0. The van der Waals surface area contributed by atoms with Crippen LogP contribution in [0.1, 0.15) is 38.5 Å². The lowest BCUT2D eigenvalue weighted by molar-refractivity contribution is -0.777. The van der Waals surface area contributed by atoms with E-state index >= 15 is 0 Å². The van der Waals surface area contributed by atoms with Crippen LogP contribution in [0.2, 0.25) is 0 Å². The van der Waals surface area contributed by atoms with E-state index in [0.717, 1.165) is 0 Å². The van der Waals surface area contributed by atoms with E-state index in [1.165, 1.54) is 0 Å². The monoisotopic (exact) mass is 405 g/mol. The third-order valence-corrected chi connectivity index (χ3v) is 6.19. The zero-order valence-electron chi connectivity index (χ0n) is 13.4. The van der Waals surface area contributed by atoms with Crippen LogP contribution >= 0.6 is 12.0 Å². The van der Waals surface area contributed by atoms with Crippen LogP contribution < -0.4 is 5.26 Å². The predicted molar refractivity (Wildman–Crippen MR) is 74.1 cm³/mol. The molecular formula is C14H17F4O7S-. The minimum absolute atomic E-state index is 0.0516. The topological polar surface area (TPSA) is 108 Å². The number of aliphatic hydroxyl groups is 2. The number of alkyl halides is 4. The van der Waals surface area contributed by atoms with Crippen LogP contribution in [0.25, 0.3) is 0 Å². The van der Waals surface area contributed by atoms with Gasteiger partial charge in [0.25, 0.3) is 0 Å². The first-order valence-corrected chi connectivity index (χ1v) is 8.61. The Morgan fingerprint density at radius 1 is 1.12 bits per heavy atom. The van der Waals surface area contributed by atoms with Crippen LogP contribution in [0.15, 0.2) is 0 Å². The molecule has 4 bridgehead atoms. The normalized spacial score (nSPS) is 41.1. The fourth-order valence-corrected chi connectivity index (χ4v) is 5.61. The lowest BCUT2D eigenvalue weighted by Crippen LogP contribution is -2.64. The molecule has 0 aliphatic heterocycles. The van der Waals surface area contributed by atoms with Crippen LogP contribution in [0.4, 0.5) is 17.6 Å². The standard InChI is InChI=1S/C14H18F4O7S/c15-13(14(16,17)18,26-25-24-22)9(19)23-7-10-1-8-2-11(20,4-10)6-12(21,3-8)5-10/h8,20-22H,1-7H2/p-1. The second-order valence-corrected chi connectivity index (χ2v) is 8.71. The molecule has 4 aliphatic carbocycles. The van der Waals surface area contributed by atoms with Crippen molar-refractivity contribution in [1.82, 2.24) is 0 Å². The number of esters is 1. The van der Waals surface area contributed by atoms with Gasteiger partial charge in [-0.25, -0.2) is 9.18 Å². The molecular weight excluding hydrogens is 388 g/mol. The van der Waals surface area contributed by atoms with Gasteiger partial charge in [0.1, 0.15) is 0 Å². The molecule has 0 radical (unpaired) electrons. The summed E-state index contributed by atoms with van der Waals surface area (Å²) < 4.78 is 60.7. The zero-order valence-corrected chi connectivity index (χ0v) is 14.2. The summed E-state index contributed by atoms with van der Waals surface area (Å²) in [5.74, 6) is -2.34. The maximum absolute atomic E-state index is 14.1. The minimum Gasteiger partial charge on any atom is -0.691 e. The van der Waals surface area contributed by atoms with Crippen LogP contribution in [0.5, 0.6) is 0 Å². The number of rotatable bonds is 6. The van der Waals surface area contributed by atoms with E-state index in [0.29, 0.717) is 19.3 Å². The van der Waals surface area contributed by atoms with Crippen LogP contribution in [0, 0.1) is 11.3 Å². The SMILES string of the molecule is O=C(OCC12CC3CC(O)(CC(O)(C3)C1)C2)C(F)(SOO[O-])C(F)(F)F. The number of hydrogen-bond donors (Lipinski definition) is 2. The van der Waals surface area contributed by atoms with Gasteiger partial charge < -0.3 is 20.2 Å². The first-order valence-electron chi connectivity index (χ1n) is 7.86. The van der Waals surface area contributed by atoms with Crippen molar-refractivity contribution in [2.75, 3.05) is 6.61 Å². The Morgan fingerprint density at radius 3 is 2.15 bits per heavy atom. The average molecular weight is 405 g/mol. The van der Waals surface area contributed by atoms with Gasteiger partial charge in [-0.3, -0.25) is 5.04 Å². The third-order valence-electron chi connectivity index (χ3n) is 5.44. The number of carbonyl (C=O) groups is 1. The summed E-state index contributed by atoms with van der Waals surface area (Å²) in [5, 5.41) is 28.9. The smallest absolute Gasteiger partial charge is 0.446 e. The number of ether oxygens (including phenoxy) is 1. The molecule has 0 amide bonds. The Morgan fingerprint density at radius 2 is 1.69 bits per heavy atom. The molecule has 150 valence electrons. The minimum atomic E-state index is -5.72. The molecule has 2 N–H and O–H groups in total. The quantitative estimate of drug-likeness (QED) is 0.222.